The molecule has 32 heavy (non-hydrogen) atoms. The van der Waals surface area contributed by atoms with Gasteiger partial charge in [0.1, 0.15) is 6.10 Å². The lowest BCUT2D eigenvalue weighted by Crippen LogP contribution is -2.49. The number of hydrogen-bond acceptors (Lipinski definition) is 4. The van der Waals surface area contributed by atoms with Crippen molar-refractivity contribution >= 4 is 45.2 Å². The summed E-state index contributed by atoms with van der Waals surface area (Å²) in [6.07, 6.45) is 2.95. The molecule has 5 rings (SSSR count). The summed E-state index contributed by atoms with van der Waals surface area (Å²) in [5, 5.41) is 7.13. The van der Waals surface area contributed by atoms with Crippen molar-refractivity contribution in [1.29, 1.82) is 0 Å². The van der Waals surface area contributed by atoms with Gasteiger partial charge >= 0.3 is 0 Å². The lowest BCUT2D eigenvalue weighted by molar-refractivity contribution is -0.483. The van der Waals surface area contributed by atoms with E-state index in [1.807, 2.05) is 24.3 Å². The van der Waals surface area contributed by atoms with Crippen molar-refractivity contribution in [2.75, 3.05) is 11.9 Å². The minimum Gasteiger partial charge on any atom is -0.382 e. The van der Waals surface area contributed by atoms with E-state index in [2.05, 4.69) is 42.2 Å². The molecule has 166 valence electrons. The van der Waals surface area contributed by atoms with Crippen molar-refractivity contribution < 1.29 is 14.5 Å². The standard InChI is InChI=1S/C26H25Cl2NO3/c1-17(19-7-6-18-4-2-3-5-20(18)12-19)25-16-30-26(32-31-25)10-8-23(9-11-26)29-24-14-21(27)13-22(28)15-24/h2-7,12-15,23,25,29H,1,8-11,16H2. The van der Waals surface area contributed by atoms with Gasteiger partial charge in [-0.3, -0.25) is 0 Å². The summed E-state index contributed by atoms with van der Waals surface area (Å²) in [5.41, 5.74) is 2.82. The molecule has 1 unspecified atom stereocenters. The molecular weight excluding hydrogens is 445 g/mol. The monoisotopic (exact) mass is 469 g/mol. The van der Waals surface area contributed by atoms with Crippen LogP contribution in [0.2, 0.25) is 10.0 Å². The number of hydrogen-bond donors (Lipinski definition) is 1. The molecule has 1 aliphatic heterocycles. The molecule has 4 nitrogen and oxygen atoms in total. The van der Waals surface area contributed by atoms with E-state index in [1.54, 1.807) is 6.07 Å². The zero-order valence-electron chi connectivity index (χ0n) is 17.7. The first-order chi connectivity index (χ1) is 15.5. The summed E-state index contributed by atoms with van der Waals surface area (Å²) >= 11 is 12.2. The first kappa shape index (κ1) is 21.7. The van der Waals surface area contributed by atoms with Gasteiger partial charge in [0, 0.05) is 34.6 Å². The Labute approximate surface area is 198 Å². The fourth-order valence-electron chi connectivity index (χ4n) is 4.46. The van der Waals surface area contributed by atoms with Crippen molar-refractivity contribution in [3.63, 3.8) is 0 Å². The van der Waals surface area contributed by atoms with Crippen LogP contribution in [0.3, 0.4) is 0 Å². The van der Waals surface area contributed by atoms with Crippen LogP contribution < -0.4 is 5.32 Å². The summed E-state index contributed by atoms with van der Waals surface area (Å²) in [7, 11) is 0. The topological polar surface area (TPSA) is 39.7 Å². The second-order valence-electron chi connectivity index (χ2n) is 8.55. The second-order valence-corrected chi connectivity index (χ2v) is 9.43. The molecule has 1 saturated carbocycles. The van der Waals surface area contributed by atoms with Crippen molar-refractivity contribution in [3.05, 3.63) is 82.9 Å². The molecule has 1 saturated heterocycles. The van der Waals surface area contributed by atoms with Crippen LogP contribution in [0, 0.1) is 0 Å². The first-order valence-electron chi connectivity index (χ1n) is 10.9. The van der Waals surface area contributed by atoms with E-state index in [0.717, 1.165) is 42.5 Å². The van der Waals surface area contributed by atoms with E-state index in [0.29, 0.717) is 22.7 Å². The van der Waals surface area contributed by atoms with Gasteiger partial charge in [-0.05, 0) is 59.0 Å². The third-order valence-corrected chi connectivity index (χ3v) is 6.74. The molecule has 3 aromatic carbocycles. The first-order valence-corrected chi connectivity index (χ1v) is 11.6. The van der Waals surface area contributed by atoms with Gasteiger partial charge in [-0.2, -0.15) is 0 Å². The van der Waals surface area contributed by atoms with Gasteiger partial charge in [0.15, 0.2) is 0 Å². The summed E-state index contributed by atoms with van der Waals surface area (Å²) in [6, 6.07) is 20.4. The molecule has 0 amide bonds. The summed E-state index contributed by atoms with van der Waals surface area (Å²) in [5.74, 6) is -0.690. The van der Waals surface area contributed by atoms with E-state index in [1.165, 1.54) is 10.8 Å². The molecular formula is C26H25Cl2NO3. The van der Waals surface area contributed by atoms with Gasteiger partial charge < -0.3 is 10.1 Å². The Morgan fingerprint density at radius 1 is 0.938 bits per heavy atom. The zero-order valence-corrected chi connectivity index (χ0v) is 19.2. The Hall–Kier alpha value is -2.08. The van der Waals surface area contributed by atoms with Crippen LogP contribution in [0.15, 0.2) is 67.2 Å². The molecule has 2 fully saturated rings. The summed E-state index contributed by atoms with van der Waals surface area (Å²) in [4.78, 5) is 11.6. The minimum atomic E-state index is -0.690. The predicted octanol–water partition coefficient (Wildman–Crippen LogP) is 7.26. The Kier molecular flexibility index (Phi) is 6.15. The molecule has 1 heterocycles. The van der Waals surface area contributed by atoms with Crippen molar-refractivity contribution in [1.82, 2.24) is 0 Å². The Morgan fingerprint density at radius 2 is 1.66 bits per heavy atom. The van der Waals surface area contributed by atoms with Gasteiger partial charge in [0.25, 0.3) is 0 Å². The van der Waals surface area contributed by atoms with Crippen LogP contribution in [-0.2, 0) is 14.5 Å². The van der Waals surface area contributed by atoms with Crippen molar-refractivity contribution in [2.24, 2.45) is 0 Å². The van der Waals surface area contributed by atoms with E-state index >= 15 is 0 Å². The smallest absolute Gasteiger partial charge is 0.201 e. The van der Waals surface area contributed by atoms with Crippen molar-refractivity contribution in [2.45, 2.75) is 43.6 Å². The van der Waals surface area contributed by atoms with Crippen LogP contribution in [0.4, 0.5) is 5.69 Å². The molecule has 1 atom stereocenters. The largest absolute Gasteiger partial charge is 0.382 e. The SMILES string of the molecule is C=C(c1ccc2ccccc2c1)C1COC2(CCC(Nc3cc(Cl)cc(Cl)c3)CC2)OO1. The normalized spacial score (nSPS) is 25.7. The number of benzene rings is 3. The molecule has 1 spiro atoms. The third kappa shape index (κ3) is 4.66. The van der Waals surface area contributed by atoms with E-state index < -0.39 is 5.79 Å². The van der Waals surface area contributed by atoms with Crippen LogP contribution in [0.1, 0.15) is 31.2 Å². The minimum absolute atomic E-state index is 0.299. The van der Waals surface area contributed by atoms with Crippen LogP contribution in [0.5, 0.6) is 0 Å². The molecule has 3 aromatic rings. The van der Waals surface area contributed by atoms with Crippen molar-refractivity contribution in [3.8, 4) is 0 Å². The number of ether oxygens (including phenoxy) is 1. The van der Waals surface area contributed by atoms with E-state index in [9.17, 15) is 0 Å². The molecule has 1 aliphatic carbocycles. The highest BCUT2D eigenvalue weighted by Gasteiger charge is 2.43. The average molecular weight is 470 g/mol. The molecule has 2 aliphatic rings. The molecule has 1 N–H and O–H groups in total. The maximum Gasteiger partial charge on any atom is 0.201 e. The van der Waals surface area contributed by atoms with Crippen LogP contribution >= 0.6 is 23.2 Å². The molecule has 0 radical (unpaired) electrons. The predicted molar refractivity (Wildman–Crippen MR) is 130 cm³/mol. The molecule has 0 bridgehead atoms. The number of fused-ring (bicyclic) bond motifs is 1. The lowest BCUT2D eigenvalue weighted by Gasteiger charge is -2.43. The van der Waals surface area contributed by atoms with Gasteiger partial charge in [-0.25, -0.2) is 9.78 Å². The Morgan fingerprint density at radius 3 is 2.34 bits per heavy atom. The van der Waals surface area contributed by atoms with Gasteiger partial charge in [0.2, 0.25) is 5.79 Å². The Bertz CT molecular complexity index is 1110. The highest BCUT2D eigenvalue weighted by molar-refractivity contribution is 6.35. The summed E-state index contributed by atoms with van der Waals surface area (Å²) < 4.78 is 6.21. The number of rotatable bonds is 4. The highest BCUT2D eigenvalue weighted by atomic mass is 35.5. The fourth-order valence-corrected chi connectivity index (χ4v) is 4.99. The highest BCUT2D eigenvalue weighted by Crippen LogP contribution is 2.39. The number of halogens is 2. The van der Waals surface area contributed by atoms with E-state index in [-0.39, 0.29) is 6.10 Å². The number of anilines is 1. The fraction of sp³-hybridized carbons (Fsp3) is 0.308. The zero-order chi connectivity index (χ0) is 22.1. The second kappa shape index (κ2) is 9.05. The average Bonchev–Trinajstić information content (AvgIpc) is 2.80. The molecule has 6 heteroatoms. The van der Waals surface area contributed by atoms with E-state index in [4.69, 9.17) is 37.7 Å². The summed E-state index contributed by atoms with van der Waals surface area (Å²) in [6.45, 7) is 4.67. The maximum absolute atomic E-state index is 6.21. The third-order valence-electron chi connectivity index (χ3n) is 6.30. The van der Waals surface area contributed by atoms with Gasteiger partial charge in [0.05, 0.1) is 6.61 Å². The molecule has 0 aromatic heterocycles. The maximum atomic E-state index is 6.21. The van der Waals surface area contributed by atoms with Gasteiger partial charge in [-0.15, -0.1) is 0 Å². The van der Waals surface area contributed by atoms with Crippen LogP contribution in [-0.4, -0.2) is 24.5 Å². The van der Waals surface area contributed by atoms with Gasteiger partial charge in [-0.1, -0.05) is 66.2 Å². The van der Waals surface area contributed by atoms with Crippen LogP contribution in [0.25, 0.3) is 16.3 Å². The quantitative estimate of drug-likeness (QED) is 0.408. The lowest BCUT2D eigenvalue weighted by atomic mass is 9.89. The Balaban J connectivity index is 1.17. The number of nitrogens with one attached hydrogen (secondary N) is 1.